The predicted octanol–water partition coefficient (Wildman–Crippen LogP) is 0.375. The Hall–Kier alpha value is -1.69. The molecule has 6 nitrogen and oxygen atoms in total. The van der Waals surface area contributed by atoms with E-state index in [2.05, 4.69) is 20.8 Å². The molecule has 0 saturated carbocycles. The van der Waals surface area contributed by atoms with Crippen molar-refractivity contribution in [3.63, 3.8) is 0 Å². The number of carbonyl (C=O) groups is 1. The van der Waals surface area contributed by atoms with Crippen molar-refractivity contribution in [2.45, 2.75) is 25.8 Å². The average Bonchev–Trinajstić information content (AvgIpc) is 2.28. The van der Waals surface area contributed by atoms with Crippen LogP contribution in [0.3, 0.4) is 0 Å². The van der Waals surface area contributed by atoms with Crippen molar-refractivity contribution in [2.75, 3.05) is 18.9 Å². The van der Waals surface area contributed by atoms with E-state index < -0.39 is 0 Å². The predicted molar refractivity (Wildman–Crippen MR) is 66.8 cm³/mol. The molecular formula is C11H19N5O. The largest absolute Gasteiger partial charge is 0.364 e. The Balaban J connectivity index is 2.71. The molecule has 1 aromatic rings. The van der Waals surface area contributed by atoms with Gasteiger partial charge in [-0.3, -0.25) is 4.79 Å². The second kappa shape index (κ2) is 5.58. The topological polar surface area (TPSA) is 92.9 Å². The lowest BCUT2D eigenvalue weighted by Crippen LogP contribution is -2.34. The van der Waals surface area contributed by atoms with Crippen molar-refractivity contribution >= 4 is 11.7 Å². The number of nitrogens with two attached hydrogens (primary N) is 1. The van der Waals surface area contributed by atoms with Gasteiger partial charge < -0.3 is 16.4 Å². The van der Waals surface area contributed by atoms with Crippen LogP contribution in [0.4, 0.5) is 5.82 Å². The summed E-state index contributed by atoms with van der Waals surface area (Å²) >= 11 is 0. The zero-order valence-electron chi connectivity index (χ0n) is 10.4. The van der Waals surface area contributed by atoms with Gasteiger partial charge in [0.25, 0.3) is 5.91 Å². The smallest absolute Gasteiger partial charge is 0.271 e. The van der Waals surface area contributed by atoms with Crippen LogP contribution in [-0.4, -0.2) is 35.2 Å². The Labute approximate surface area is 101 Å². The second-order valence-corrected chi connectivity index (χ2v) is 4.43. The average molecular weight is 237 g/mol. The van der Waals surface area contributed by atoms with Crippen LogP contribution >= 0.6 is 0 Å². The van der Waals surface area contributed by atoms with Gasteiger partial charge >= 0.3 is 0 Å². The van der Waals surface area contributed by atoms with Gasteiger partial charge in [0.2, 0.25) is 0 Å². The molecule has 17 heavy (non-hydrogen) atoms. The Kier molecular flexibility index (Phi) is 4.39. The number of hydrogen-bond acceptors (Lipinski definition) is 5. The second-order valence-electron chi connectivity index (χ2n) is 4.43. The number of nitrogens with zero attached hydrogens (tertiary/aromatic N) is 2. The molecule has 94 valence electrons. The van der Waals surface area contributed by atoms with Crippen LogP contribution in [0.2, 0.25) is 0 Å². The van der Waals surface area contributed by atoms with Gasteiger partial charge in [-0.2, -0.15) is 0 Å². The van der Waals surface area contributed by atoms with E-state index in [1.165, 1.54) is 0 Å². The molecule has 0 atom stereocenters. The molecule has 0 radical (unpaired) electrons. The zero-order chi connectivity index (χ0) is 12.9. The number of rotatable bonds is 5. The monoisotopic (exact) mass is 237 g/mol. The van der Waals surface area contributed by atoms with Crippen molar-refractivity contribution in [3.8, 4) is 0 Å². The van der Waals surface area contributed by atoms with Gasteiger partial charge in [-0.15, -0.1) is 10.2 Å². The van der Waals surface area contributed by atoms with Crippen molar-refractivity contribution in [1.29, 1.82) is 0 Å². The van der Waals surface area contributed by atoms with Gasteiger partial charge in [-0.1, -0.05) is 0 Å². The molecule has 0 aliphatic rings. The number of hydrogen-bond donors (Lipinski definition) is 3. The first-order chi connectivity index (χ1) is 7.98. The van der Waals surface area contributed by atoms with Crippen molar-refractivity contribution < 1.29 is 4.79 Å². The Bertz CT molecular complexity index is 374. The first-order valence-electron chi connectivity index (χ1n) is 5.52. The lowest BCUT2D eigenvalue weighted by molar-refractivity contribution is 0.0957. The van der Waals surface area contributed by atoms with E-state index in [1.54, 1.807) is 19.2 Å². The maximum atomic E-state index is 11.3. The number of nitrogens with one attached hydrogen (secondary N) is 2. The van der Waals surface area contributed by atoms with Gasteiger partial charge in [-0.05, 0) is 38.9 Å². The molecule has 1 aromatic heterocycles. The molecule has 1 rings (SSSR count). The molecule has 1 heterocycles. The lowest BCUT2D eigenvalue weighted by atomic mass is 10.0. The molecule has 0 unspecified atom stereocenters. The first kappa shape index (κ1) is 13.4. The van der Waals surface area contributed by atoms with E-state index in [-0.39, 0.29) is 11.4 Å². The Morgan fingerprint density at radius 3 is 2.59 bits per heavy atom. The molecule has 0 spiro atoms. The highest BCUT2D eigenvalue weighted by atomic mass is 16.1. The maximum absolute atomic E-state index is 11.3. The van der Waals surface area contributed by atoms with Gasteiger partial charge in [0.05, 0.1) is 0 Å². The Morgan fingerprint density at radius 2 is 2.12 bits per heavy atom. The quantitative estimate of drug-likeness (QED) is 0.688. The molecule has 0 fully saturated rings. The van der Waals surface area contributed by atoms with E-state index in [4.69, 9.17) is 5.73 Å². The van der Waals surface area contributed by atoms with E-state index in [9.17, 15) is 4.79 Å². The number of amides is 1. The summed E-state index contributed by atoms with van der Waals surface area (Å²) in [6, 6.07) is 3.36. The third kappa shape index (κ3) is 3.99. The fraction of sp³-hybridized carbons (Fsp3) is 0.545. The molecule has 4 N–H and O–H groups in total. The summed E-state index contributed by atoms with van der Waals surface area (Å²) in [5, 5.41) is 13.5. The summed E-state index contributed by atoms with van der Waals surface area (Å²) in [6.45, 7) is 4.67. The van der Waals surface area contributed by atoms with Crippen LogP contribution in [0.15, 0.2) is 12.1 Å². The van der Waals surface area contributed by atoms with E-state index in [0.29, 0.717) is 18.1 Å². The van der Waals surface area contributed by atoms with Gasteiger partial charge in [-0.25, -0.2) is 0 Å². The SMILES string of the molecule is CNC(=O)c1ccc(NC(C)(C)CCN)nn1. The summed E-state index contributed by atoms with van der Waals surface area (Å²) in [5.41, 5.74) is 5.68. The highest BCUT2D eigenvalue weighted by molar-refractivity contribution is 5.91. The highest BCUT2D eigenvalue weighted by Gasteiger charge is 2.17. The zero-order valence-corrected chi connectivity index (χ0v) is 10.4. The summed E-state index contributed by atoms with van der Waals surface area (Å²) in [6.07, 6.45) is 0.825. The molecule has 0 aliphatic heterocycles. The number of aromatic nitrogens is 2. The third-order valence-corrected chi connectivity index (χ3v) is 2.36. The summed E-state index contributed by atoms with van der Waals surface area (Å²) < 4.78 is 0. The van der Waals surface area contributed by atoms with Crippen LogP contribution in [0.1, 0.15) is 30.8 Å². The minimum atomic E-state index is -0.245. The van der Waals surface area contributed by atoms with Crippen LogP contribution in [0.25, 0.3) is 0 Å². The summed E-state index contributed by atoms with van der Waals surface area (Å²) in [7, 11) is 1.56. The molecule has 0 saturated heterocycles. The molecule has 6 heteroatoms. The van der Waals surface area contributed by atoms with E-state index >= 15 is 0 Å². The maximum Gasteiger partial charge on any atom is 0.271 e. The van der Waals surface area contributed by atoms with Crippen molar-refractivity contribution in [1.82, 2.24) is 15.5 Å². The van der Waals surface area contributed by atoms with Crippen LogP contribution in [0.5, 0.6) is 0 Å². The first-order valence-corrected chi connectivity index (χ1v) is 5.52. The lowest BCUT2D eigenvalue weighted by Gasteiger charge is -2.25. The number of carbonyl (C=O) groups excluding carboxylic acids is 1. The van der Waals surface area contributed by atoms with Gasteiger partial charge in [0.1, 0.15) is 5.82 Å². The van der Waals surface area contributed by atoms with Crippen LogP contribution in [0, 0.1) is 0 Å². The molecule has 1 amide bonds. The van der Waals surface area contributed by atoms with E-state index in [1.807, 2.05) is 13.8 Å². The Morgan fingerprint density at radius 1 is 1.41 bits per heavy atom. The standard InChI is InChI=1S/C11H19N5O/c1-11(2,6-7-12)14-9-5-4-8(15-16-9)10(17)13-3/h4-5H,6-7,12H2,1-3H3,(H,13,17)(H,14,16). The van der Waals surface area contributed by atoms with E-state index in [0.717, 1.165) is 6.42 Å². The normalized spacial score (nSPS) is 11.1. The molecule has 0 bridgehead atoms. The summed E-state index contributed by atoms with van der Waals surface area (Å²) in [5.74, 6) is 0.390. The molecular weight excluding hydrogens is 218 g/mol. The number of anilines is 1. The molecule has 0 aromatic carbocycles. The minimum absolute atomic E-state index is 0.141. The third-order valence-electron chi connectivity index (χ3n) is 2.36. The fourth-order valence-electron chi connectivity index (χ4n) is 1.42. The highest BCUT2D eigenvalue weighted by Crippen LogP contribution is 2.14. The van der Waals surface area contributed by atoms with Crippen LogP contribution < -0.4 is 16.4 Å². The summed E-state index contributed by atoms with van der Waals surface area (Å²) in [4.78, 5) is 11.3. The minimum Gasteiger partial charge on any atom is -0.364 e. The van der Waals surface area contributed by atoms with Crippen molar-refractivity contribution in [3.05, 3.63) is 17.8 Å². The molecule has 0 aliphatic carbocycles. The fourth-order valence-corrected chi connectivity index (χ4v) is 1.42. The van der Waals surface area contributed by atoms with Crippen molar-refractivity contribution in [2.24, 2.45) is 5.73 Å². The van der Waals surface area contributed by atoms with Crippen LogP contribution in [-0.2, 0) is 0 Å². The van der Waals surface area contributed by atoms with Gasteiger partial charge in [0.15, 0.2) is 5.69 Å². The van der Waals surface area contributed by atoms with Gasteiger partial charge in [0, 0.05) is 12.6 Å².